The Kier molecular flexibility index (Phi) is 7.00. The van der Waals surface area contributed by atoms with E-state index in [9.17, 15) is 14.4 Å². The van der Waals surface area contributed by atoms with Crippen LogP contribution in [0.1, 0.15) is 53.3 Å². The molecule has 0 unspecified atom stereocenters. The van der Waals surface area contributed by atoms with Crippen molar-refractivity contribution in [3.05, 3.63) is 59.7 Å². The third-order valence-electron chi connectivity index (χ3n) is 4.89. The molecule has 0 bridgehead atoms. The SMILES string of the molecule is CC(=O)c1ccc(OCCCC(=O)Nc2ccc(C(=O)N3CCCC3)cc2)cc1. The highest BCUT2D eigenvalue weighted by molar-refractivity contribution is 5.96. The van der Waals surface area contributed by atoms with Crippen molar-refractivity contribution < 1.29 is 19.1 Å². The van der Waals surface area contributed by atoms with Crippen LogP contribution in [0.4, 0.5) is 5.69 Å². The van der Waals surface area contributed by atoms with Gasteiger partial charge in [0, 0.05) is 36.3 Å². The molecule has 1 saturated heterocycles. The molecular formula is C23H26N2O4. The Morgan fingerprint density at radius 3 is 2.17 bits per heavy atom. The Bertz CT molecular complexity index is 853. The molecule has 2 aromatic rings. The first-order chi connectivity index (χ1) is 14.0. The highest BCUT2D eigenvalue weighted by Crippen LogP contribution is 2.16. The van der Waals surface area contributed by atoms with E-state index in [-0.39, 0.29) is 17.6 Å². The zero-order valence-electron chi connectivity index (χ0n) is 16.6. The second kappa shape index (κ2) is 9.87. The van der Waals surface area contributed by atoms with Crippen LogP contribution in [0.2, 0.25) is 0 Å². The molecule has 2 aromatic carbocycles. The van der Waals surface area contributed by atoms with E-state index >= 15 is 0 Å². The van der Waals surface area contributed by atoms with Crippen LogP contribution < -0.4 is 10.1 Å². The van der Waals surface area contributed by atoms with Crippen molar-refractivity contribution in [2.45, 2.75) is 32.6 Å². The summed E-state index contributed by atoms with van der Waals surface area (Å²) in [5.41, 5.74) is 1.97. The van der Waals surface area contributed by atoms with Gasteiger partial charge < -0.3 is 15.0 Å². The van der Waals surface area contributed by atoms with E-state index in [1.54, 1.807) is 48.5 Å². The quantitative estimate of drug-likeness (QED) is 0.544. The minimum atomic E-state index is -0.0980. The van der Waals surface area contributed by atoms with Crippen molar-refractivity contribution in [2.24, 2.45) is 0 Å². The monoisotopic (exact) mass is 394 g/mol. The van der Waals surface area contributed by atoms with Gasteiger partial charge >= 0.3 is 0 Å². The molecule has 3 rings (SSSR count). The molecule has 2 amide bonds. The van der Waals surface area contributed by atoms with Gasteiger partial charge in [-0.15, -0.1) is 0 Å². The van der Waals surface area contributed by atoms with Crippen LogP contribution in [0.5, 0.6) is 5.75 Å². The van der Waals surface area contributed by atoms with Gasteiger partial charge in [-0.3, -0.25) is 14.4 Å². The van der Waals surface area contributed by atoms with E-state index in [1.165, 1.54) is 6.92 Å². The molecule has 1 aliphatic rings. The van der Waals surface area contributed by atoms with Gasteiger partial charge in [-0.25, -0.2) is 0 Å². The van der Waals surface area contributed by atoms with E-state index in [2.05, 4.69) is 5.32 Å². The van der Waals surface area contributed by atoms with Crippen LogP contribution in [0.25, 0.3) is 0 Å². The van der Waals surface area contributed by atoms with Gasteiger partial charge in [0.1, 0.15) is 5.75 Å². The standard InChI is InChI=1S/C23H26N2O4/c1-17(26)18-8-12-21(13-9-18)29-16-4-5-22(27)24-20-10-6-19(7-11-20)23(28)25-14-2-3-15-25/h6-13H,2-5,14-16H2,1H3,(H,24,27). The van der Waals surface area contributed by atoms with Gasteiger partial charge in [0.05, 0.1) is 6.61 Å². The average molecular weight is 394 g/mol. The molecule has 1 heterocycles. The highest BCUT2D eigenvalue weighted by atomic mass is 16.5. The predicted octanol–water partition coefficient (Wildman–Crippen LogP) is 3.92. The maximum atomic E-state index is 12.3. The first kappa shape index (κ1) is 20.6. The van der Waals surface area contributed by atoms with Gasteiger partial charge in [0.2, 0.25) is 5.91 Å². The molecule has 6 heteroatoms. The fraction of sp³-hybridized carbons (Fsp3) is 0.348. The van der Waals surface area contributed by atoms with Crippen LogP contribution in [0.3, 0.4) is 0 Å². The number of nitrogens with zero attached hydrogens (tertiary/aromatic N) is 1. The van der Waals surface area contributed by atoms with Crippen LogP contribution in [-0.4, -0.2) is 42.2 Å². The second-order valence-electron chi connectivity index (χ2n) is 7.16. The molecule has 1 aliphatic heterocycles. The molecular weight excluding hydrogens is 368 g/mol. The number of benzene rings is 2. The predicted molar refractivity (Wildman–Crippen MR) is 111 cm³/mol. The summed E-state index contributed by atoms with van der Waals surface area (Å²) in [6, 6.07) is 14.0. The van der Waals surface area contributed by atoms with Crippen molar-refractivity contribution in [3.63, 3.8) is 0 Å². The molecule has 0 radical (unpaired) electrons. The summed E-state index contributed by atoms with van der Waals surface area (Å²) >= 11 is 0. The molecule has 0 spiro atoms. The van der Waals surface area contributed by atoms with Crippen LogP contribution in [-0.2, 0) is 4.79 Å². The van der Waals surface area contributed by atoms with E-state index in [1.807, 2.05) is 4.90 Å². The number of hydrogen-bond donors (Lipinski definition) is 1. The molecule has 1 fully saturated rings. The molecule has 0 aliphatic carbocycles. The molecule has 0 saturated carbocycles. The fourth-order valence-electron chi connectivity index (χ4n) is 3.23. The number of nitrogens with one attached hydrogen (secondary N) is 1. The summed E-state index contributed by atoms with van der Waals surface area (Å²) in [5, 5.41) is 2.84. The Hall–Kier alpha value is -3.15. The van der Waals surface area contributed by atoms with Crippen molar-refractivity contribution in [1.82, 2.24) is 4.90 Å². The number of Topliss-reactive ketones (excluding diaryl/α,β-unsaturated/α-hetero) is 1. The number of carbonyl (C=O) groups is 3. The number of carbonyl (C=O) groups excluding carboxylic acids is 3. The molecule has 0 atom stereocenters. The third kappa shape index (κ3) is 5.91. The summed E-state index contributed by atoms with van der Waals surface area (Å²) in [6.45, 7) is 3.57. The van der Waals surface area contributed by atoms with Crippen molar-refractivity contribution in [2.75, 3.05) is 25.0 Å². The molecule has 1 N–H and O–H groups in total. The highest BCUT2D eigenvalue weighted by Gasteiger charge is 2.19. The summed E-state index contributed by atoms with van der Waals surface area (Å²) in [7, 11) is 0. The molecule has 29 heavy (non-hydrogen) atoms. The molecule has 152 valence electrons. The Balaban J connectivity index is 1.39. The number of amides is 2. The van der Waals surface area contributed by atoms with Crippen LogP contribution in [0.15, 0.2) is 48.5 Å². The van der Waals surface area contributed by atoms with Crippen LogP contribution in [0, 0.1) is 0 Å². The maximum Gasteiger partial charge on any atom is 0.253 e. The average Bonchev–Trinajstić information content (AvgIpc) is 3.26. The van der Waals surface area contributed by atoms with Gasteiger partial charge in [0.25, 0.3) is 5.91 Å². The first-order valence-electron chi connectivity index (χ1n) is 9.96. The lowest BCUT2D eigenvalue weighted by Gasteiger charge is -2.15. The number of likely N-dealkylation sites (tertiary alicyclic amines) is 1. The number of ketones is 1. The smallest absolute Gasteiger partial charge is 0.253 e. The van der Waals surface area contributed by atoms with Crippen molar-refractivity contribution in [3.8, 4) is 5.75 Å². The lowest BCUT2D eigenvalue weighted by atomic mass is 10.1. The van der Waals surface area contributed by atoms with Crippen molar-refractivity contribution in [1.29, 1.82) is 0 Å². The minimum Gasteiger partial charge on any atom is -0.494 e. The van der Waals surface area contributed by atoms with Gasteiger partial charge in [-0.2, -0.15) is 0 Å². The molecule has 6 nitrogen and oxygen atoms in total. The zero-order chi connectivity index (χ0) is 20.6. The topological polar surface area (TPSA) is 75.7 Å². The number of anilines is 1. The third-order valence-corrected chi connectivity index (χ3v) is 4.89. The Morgan fingerprint density at radius 1 is 0.931 bits per heavy atom. The Morgan fingerprint density at radius 2 is 1.55 bits per heavy atom. The molecule has 0 aromatic heterocycles. The minimum absolute atomic E-state index is 0.0154. The normalized spacial score (nSPS) is 13.2. The maximum absolute atomic E-state index is 12.3. The lowest BCUT2D eigenvalue weighted by Crippen LogP contribution is -2.27. The summed E-state index contributed by atoms with van der Waals surface area (Å²) < 4.78 is 5.60. The largest absolute Gasteiger partial charge is 0.494 e. The number of hydrogen-bond acceptors (Lipinski definition) is 4. The van der Waals surface area contributed by atoms with E-state index in [0.717, 1.165) is 25.9 Å². The summed E-state index contributed by atoms with van der Waals surface area (Å²) in [4.78, 5) is 37.5. The second-order valence-corrected chi connectivity index (χ2v) is 7.16. The number of rotatable bonds is 8. The first-order valence-corrected chi connectivity index (χ1v) is 9.96. The summed E-state index contributed by atoms with van der Waals surface area (Å²) in [5.74, 6) is 0.642. The van der Waals surface area contributed by atoms with E-state index in [0.29, 0.717) is 42.0 Å². The van der Waals surface area contributed by atoms with E-state index in [4.69, 9.17) is 4.74 Å². The number of ether oxygens (including phenoxy) is 1. The lowest BCUT2D eigenvalue weighted by molar-refractivity contribution is -0.116. The fourth-order valence-corrected chi connectivity index (χ4v) is 3.23. The van der Waals surface area contributed by atoms with Gasteiger partial charge in [-0.1, -0.05) is 0 Å². The van der Waals surface area contributed by atoms with Gasteiger partial charge in [0.15, 0.2) is 5.78 Å². The Labute approximate surface area is 170 Å². The van der Waals surface area contributed by atoms with Gasteiger partial charge in [-0.05, 0) is 74.7 Å². The van der Waals surface area contributed by atoms with Crippen molar-refractivity contribution >= 4 is 23.3 Å². The van der Waals surface area contributed by atoms with Crippen LogP contribution >= 0.6 is 0 Å². The zero-order valence-corrected chi connectivity index (χ0v) is 16.6. The summed E-state index contributed by atoms with van der Waals surface area (Å²) in [6.07, 6.45) is 3.03. The van der Waals surface area contributed by atoms with E-state index < -0.39 is 0 Å².